The summed E-state index contributed by atoms with van der Waals surface area (Å²) in [6.07, 6.45) is 3.12. The molecule has 0 unspecified atom stereocenters. The van der Waals surface area contributed by atoms with Gasteiger partial charge in [-0.2, -0.15) is 15.2 Å². The fourth-order valence-corrected chi connectivity index (χ4v) is 2.67. The lowest BCUT2D eigenvalue weighted by Crippen LogP contribution is -2.29. The topological polar surface area (TPSA) is 105 Å². The summed E-state index contributed by atoms with van der Waals surface area (Å²) in [6, 6.07) is 3.53. The van der Waals surface area contributed by atoms with Crippen molar-refractivity contribution < 1.29 is 4.52 Å². The van der Waals surface area contributed by atoms with Gasteiger partial charge in [-0.1, -0.05) is 5.16 Å². The van der Waals surface area contributed by atoms with Crippen LogP contribution in [0.15, 0.2) is 27.6 Å². The van der Waals surface area contributed by atoms with Crippen LogP contribution in [0, 0.1) is 0 Å². The van der Waals surface area contributed by atoms with Crippen LogP contribution >= 0.6 is 0 Å². The zero-order valence-corrected chi connectivity index (χ0v) is 11.9. The van der Waals surface area contributed by atoms with Gasteiger partial charge in [-0.25, -0.2) is 9.48 Å². The molecule has 0 N–H and O–H groups in total. The molecule has 0 aliphatic carbocycles. The predicted octanol–water partition coefficient (Wildman–Crippen LogP) is 0.152. The van der Waals surface area contributed by atoms with Gasteiger partial charge in [-0.15, -0.1) is 5.10 Å². The summed E-state index contributed by atoms with van der Waals surface area (Å²) in [6.45, 7) is 0.504. The second kappa shape index (κ2) is 4.86. The van der Waals surface area contributed by atoms with Gasteiger partial charge in [-0.3, -0.25) is 4.57 Å². The van der Waals surface area contributed by atoms with Gasteiger partial charge in [-0.05, 0) is 18.6 Å². The van der Waals surface area contributed by atoms with E-state index < -0.39 is 0 Å². The minimum atomic E-state index is -0.117. The van der Waals surface area contributed by atoms with Crippen LogP contribution in [0.2, 0.25) is 0 Å². The Balaban J connectivity index is 1.63. The van der Waals surface area contributed by atoms with E-state index in [0.29, 0.717) is 30.4 Å². The highest BCUT2D eigenvalue weighted by Gasteiger charge is 2.28. The van der Waals surface area contributed by atoms with Crippen molar-refractivity contribution in [3.63, 3.8) is 0 Å². The highest BCUT2D eigenvalue weighted by molar-refractivity contribution is 5.46. The lowest BCUT2D eigenvalue weighted by molar-refractivity contribution is 0.314. The van der Waals surface area contributed by atoms with E-state index in [1.54, 1.807) is 29.9 Å². The number of aromatic nitrogens is 7. The molecule has 4 heterocycles. The van der Waals surface area contributed by atoms with Crippen LogP contribution < -0.4 is 5.69 Å². The smallest absolute Gasteiger partial charge is 0.339 e. The molecule has 9 heteroatoms. The summed E-state index contributed by atoms with van der Waals surface area (Å²) in [7, 11) is 1.65. The first kappa shape index (κ1) is 12.9. The number of hydrogen-bond donors (Lipinski definition) is 0. The molecule has 0 fully saturated rings. The Labute approximate surface area is 124 Å². The summed E-state index contributed by atoms with van der Waals surface area (Å²) in [5.41, 5.74) is 0.445. The van der Waals surface area contributed by atoms with Crippen molar-refractivity contribution in [2.45, 2.75) is 25.3 Å². The van der Waals surface area contributed by atoms with E-state index in [9.17, 15) is 4.79 Å². The Kier molecular flexibility index (Phi) is 2.84. The van der Waals surface area contributed by atoms with Gasteiger partial charge in [0.25, 0.3) is 0 Å². The van der Waals surface area contributed by atoms with E-state index in [1.165, 1.54) is 4.68 Å². The third-order valence-corrected chi connectivity index (χ3v) is 3.80. The Bertz CT molecular complexity index is 864. The summed E-state index contributed by atoms with van der Waals surface area (Å²) in [5, 5.41) is 15.9. The molecule has 0 spiro atoms. The molecule has 1 atom stereocenters. The van der Waals surface area contributed by atoms with Crippen LogP contribution in [-0.4, -0.2) is 34.7 Å². The molecule has 3 aromatic heterocycles. The number of rotatable bonds is 2. The van der Waals surface area contributed by atoms with Gasteiger partial charge >= 0.3 is 5.69 Å². The molecular formula is C13H13N7O2. The van der Waals surface area contributed by atoms with E-state index in [-0.39, 0.29) is 11.6 Å². The molecule has 0 aromatic carbocycles. The van der Waals surface area contributed by atoms with Gasteiger partial charge in [0, 0.05) is 26.2 Å². The number of nitrogens with zero attached hydrogens (tertiary/aromatic N) is 7. The van der Waals surface area contributed by atoms with Crippen molar-refractivity contribution in [3.8, 4) is 11.5 Å². The molecule has 0 radical (unpaired) electrons. The third-order valence-electron chi connectivity index (χ3n) is 3.80. The molecule has 4 rings (SSSR count). The average molecular weight is 299 g/mol. The summed E-state index contributed by atoms with van der Waals surface area (Å²) in [4.78, 5) is 16.4. The number of hydrogen-bond acceptors (Lipinski definition) is 7. The molecule has 112 valence electrons. The van der Waals surface area contributed by atoms with Crippen molar-refractivity contribution >= 4 is 0 Å². The Morgan fingerprint density at radius 2 is 2.32 bits per heavy atom. The first-order valence-electron chi connectivity index (χ1n) is 6.97. The van der Waals surface area contributed by atoms with E-state index in [4.69, 9.17) is 4.52 Å². The van der Waals surface area contributed by atoms with Crippen molar-refractivity contribution in [2.75, 3.05) is 0 Å². The molecule has 0 saturated carbocycles. The first-order chi connectivity index (χ1) is 10.7. The fourth-order valence-electron chi connectivity index (χ4n) is 2.67. The fraction of sp³-hybridized carbons (Fsp3) is 0.385. The monoisotopic (exact) mass is 299 g/mol. The molecule has 1 aliphatic rings. The predicted molar refractivity (Wildman–Crippen MR) is 73.9 cm³/mol. The third kappa shape index (κ3) is 2.01. The van der Waals surface area contributed by atoms with Crippen LogP contribution in [0.4, 0.5) is 0 Å². The zero-order valence-electron chi connectivity index (χ0n) is 11.9. The molecular weight excluding hydrogens is 286 g/mol. The molecule has 1 aliphatic heterocycles. The lowest BCUT2D eigenvalue weighted by Gasteiger charge is -2.18. The van der Waals surface area contributed by atoms with Crippen LogP contribution in [0.3, 0.4) is 0 Å². The van der Waals surface area contributed by atoms with Crippen LogP contribution in [0.25, 0.3) is 11.5 Å². The Morgan fingerprint density at radius 1 is 1.41 bits per heavy atom. The Morgan fingerprint density at radius 3 is 3.14 bits per heavy atom. The highest BCUT2D eigenvalue weighted by atomic mass is 16.5. The second-order valence-corrected chi connectivity index (χ2v) is 5.23. The minimum absolute atomic E-state index is 0.00678. The van der Waals surface area contributed by atoms with Crippen LogP contribution in [-0.2, 0) is 20.0 Å². The minimum Gasteiger partial charge on any atom is -0.339 e. The number of fused-ring (bicyclic) bond motifs is 1. The molecule has 0 saturated heterocycles. The van der Waals surface area contributed by atoms with E-state index in [2.05, 4.69) is 25.4 Å². The standard InChI is InChI=1S/C13H13N7O2/c1-19-13(21)20-7-8(4-5-10(20)17-19)12-15-11(18-22-12)9-3-2-6-14-16-9/h2-3,6,8H,4-5,7H2,1H3/t8-/m0/s1. The van der Waals surface area contributed by atoms with Gasteiger partial charge in [0.15, 0.2) is 0 Å². The zero-order chi connectivity index (χ0) is 15.1. The maximum atomic E-state index is 12.0. The summed E-state index contributed by atoms with van der Waals surface area (Å²) in [5.74, 6) is 1.74. The van der Waals surface area contributed by atoms with Crippen LogP contribution in [0.5, 0.6) is 0 Å². The normalized spacial score (nSPS) is 17.4. The molecule has 9 nitrogen and oxygen atoms in total. The van der Waals surface area contributed by atoms with Gasteiger partial charge < -0.3 is 4.52 Å². The molecule has 3 aromatic rings. The van der Waals surface area contributed by atoms with Crippen LogP contribution in [0.1, 0.15) is 24.1 Å². The van der Waals surface area contributed by atoms with E-state index in [1.807, 2.05) is 0 Å². The Hall–Kier alpha value is -2.84. The highest BCUT2D eigenvalue weighted by Crippen LogP contribution is 2.27. The lowest BCUT2D eigenvalue weighted by atomic mass is 9.99. The van der Waals surface area contributed by atoms with Gasteiger partial charge in [0.1, 0.15) is 11.5 Å². The van der Waals surface area contributed by atoms with Crippen molar-refractivity contribution in [3.05, 3.63) is 40.5 Å². The largest absolute Gasteiger partial charge is 0.345 e. The van der Waals surface area contributed by atoms with E-state index >= 15 is 0 Å². The number of aryl methyl sites for hydroxylation is 2. The quantitative estimate of drug-likeness (QED) is 0.663. The maximum absolute atomic E-state index is 12.0. The van der Waals surface area contributed by atoms with Crippen molar-refractivity contribution in [1.29, 1.82) is 0 Å². The molecule has 0 bridgehead atoms. The van der Waals surface area contributed by atoms with Crippen molar-refractivity contribution in [1.82, 2.24) is 34.7 Å². The molecule has 22 heavy (non-hydrogen) atoms. The van der Waals surface area contributed by atoms with Gasteiger partial charge in [0.2, 0.25) is 11.7 Å². The molecule has 0 amide bonds. The summed E-state index contributed by atoms with van der Waals surface area (Å²) >= 11 is 0. The maximum Gasteiger partial charge on any atom is 0.345 e. The SMILES string of the molecule is Cn1nc2n(c1=O)C[C@@H](c1nc(-c3cccnn3)no1)CC2. The summed E-state index contributed by atoms with van der Waals surface area (Å²) < 4.78 is 8.37. The second-order valence-electron chi connectivity index (χ2n) is 5.23. The van der Waals surface area contributed by atoms with Gasteiger partial charge in [0.05, 0.1) is 5.92 Å². The van der Waals surface area contributed by atoms with Crippen molar-refractivity contribution in [2.24, 2.45) is 7.05 Å². The van der Waals surface area contributed by atoms with E-state index in [0.717, 1.165) is 12.2 Å². The first-order valence-corrected chi connectivity index (χ1v) is 6.97. The average Bonchev–Trinajstić information content (AvgIpc) is 3.14.